The van der Waals surface area contributed by atoms with Gasteiger partial charge >= 0.3 is 0 Å². The Morgan fingerprint density at radius 3 is 2.65 bits per heavy atom. The Balaban J connectivity index is 2.02. The summed E-state index contributed by atoms with van der Waals surface area (Å²) in [5.74, 6) is -0.222. The Labute approximate surface area is 137 Å². The van der Waals surface area contributed by atoms with Crippen LogP contribution in [0.4, 0.5) is 5.69 Å². The van der Waals surface area contributed by atoms with Crippen LogP contribution in [-0.2, 0) is 9.53 Å². The van der Waals surface area contributed by atoms with Crippen molar-refractivity contribution in [2.45, 2.75) is 38.9 Å². The van der Waals surface area contributed by atoms with E-state index >= 15 is 0 Å². The molecule has 0 unspecified atom stereocenters. The fourth-order valence-corrected chi connectivity index (χ4v) is 2.72. The smallest absolute Gasteiger partial charge is 0.253 e. The Morgan fingerprint density at radius 2 is 2.04 bits per heavy atom. The average molecular weight is 319 g/mol. The van der Waals surface area contributed by atoms with Crippen LogP contribution in [0.15, 0.2) is 24.3 Å². The summed E-state index contributed by atoms with van der Waals surface area (Å²) in [7, 11) is 0. The summed E-state index contributed by atoms with van der Waals surface area (Å²) in [5, 5.41) is 2.82. The van der Waals surface area contributed by atoms with Crippen LogP contribution in [0.5, 0.6) is 0 Å². The second-order valence-corrected chi connectivity index (χ2v) is 5.61. The number of carbonyl (C=O) groups is 2. The van der Waals surface area contributed by atoms with Crippen molar-refractivity contribution in [1.82, 2.24) is 4.90 Å². The zero-order valence-corrected chi connectivity index (χ0v) is 13.7. The molecule has 0 radical (unpaired) electrons. The van der Waals surface area contributed by atoms with Gasteiger partial charge in [0.2, 0.25) is 0 Å². The molecule has 1 heterocycles. The molecule has 0 spiro atoms. The molecule has 1 aromatic rings. The fraction of sp³-hybridized carbons (Fsp3) is 0.529. The van der Waals surface area contributed by atoms with E-state index in [9.17, 15) is 9.59 Å². The van der Waals surface area contributed by atoms with Gasteiger partial charge in [-0.15, -0.1) is 0 Å². The summed E-state index contributed by atoms with van der Waals surface area (Å²) in [6.07, 6.45) is 0.966. The lowest BCUT2D eigenvalue weighted by Crippen LogP contribution is -2.31. The number of amides is 2. The van der Waals surface area contributed by atoms with Gasteiger partial charge in [-0.1, -0.05) is 6.07 Å². The molecular formula is C17H25N3O3. The molecular weight excluding hydrogens is 294 g/mol. The van der Waals surface area contributed by atoms with Crippen LogP contribution in [0.25, 0.3) is 0 Å². The highest BCUT2D eigenvalue weighted by atomic mass is 16.5. The van der Waals surface area contributed by atoms with Gasteiger partial charge in [0.15, 0.2) is 0 Å². The number of ether oxygens (including phenoxy) is 1. The van der Waals surface area contributed by atoms with E-state index in [1.807, 2.05) is 13.8 Å². The summed E-state index contributed by atoms with van der Waals surface area (Å²) < 4.78 is 5.58. The average Bonchev–Trinajstić information content (AvgIpc) is 3.05. The first-order valence-electron chi connectivity index (χ1n) is 8.14. The maximum atomic E-state index is 12.4. The van der Waals surface area contributed by atoms with E-state index in [0.29, 0.717) is 37.3 Å². The summed E-state index contributed by atoms with van der Waals surface area (Å²) in [5.41, 5.74) is 6.73. The molecule has 1 aliphatic rings. The van der Waals surface area contributed by atoms with Crippen molar-refractivity contribution in [1.29, 1.82) is 0 Å². The molecule has 6 nitrogen and oxygen atoms in total. The van der Waals surface area contributed by atoms with E-state index in [-0.39, 0.29) is 17.9 Å². The van der Waals surface area contributed by atoms with Crippen LogP contribution in [0.1, 0.15) is 37.0 Å². The van der Waals surface area contributed by atoms with E-state index in [1.54, 1.807) is 29.2 Å². The maximum absolute atomic E-state index is 12.4. The van der Waals surface area contributed by atoms with Crippen molar-refractivity contribution in [3.05, 3.63) is 29.8 Å². The molecule has 2 amide bonds. The molecule has 6 heteroatoms. The van der Waals surface area contributed by atoms with E-state index in [2.05, 4.69) is 5.32 Å². The molecule has 2 rings (SSSR count). The molecule has 1 fully saturated rings. The van der Waals surface area contributed by atoms with E-state index in [0.717, 1.165) is 6.42 Å². The van der Waals surface area contributed by atoms with Crippen molar-refractivity contribution >= 4 is 17.5 Å². The van der Waals surface area contributed by atoms with Crippen molar-refractivity contribution in [2.75, 3.05) is 25.0 Å². The van der Waals surface area contributed by atoms with Crippen LogP contribution < -0.4 is 11.1 Å². The molecule has 3 N–H and O–H groups in total. The molecule has 0 bridgehead atoms. The number of hydrogen-bond donors (Lipinski definition) is 2. The number of nitrogens with one attached hydrogen (secondary N) is 1. The monoisotopic (exact) mass is 319 g/mol. The zero-order chi connectivity index (χ0) is 16.8. The Kier molecular flexibility index (Phi) is 6.12. The van der Waals surface area contributed by atoms with Gasteiger partial charge in [-0.2, -0.15) is 0 Å². The lowest BCUT2D eigenvalue weighted by Gasteiger charge is -2.19. The van der Waals surface area contributed by atoms with Crippen molar-refractivity contribution in [3.8, 4) is 0 Å². The minimum atomic E-state index is -0.467. The summed E-state index contributed by atoms with van der Waals surface area (Å²) >= 11 is 0. The summed E-state index contributed by atoms with van der Waals surface area (Å²) in [4.78, 5) is 26.3. The van der Waals surface area contributed by atoms with Gasteiger partial charge in [0.25, 0.3) is 11.8 Å². The quantitative estimate of drug-likeness (QED) is 0.834. The topological polar surface area (TPSA) is 84.7 Å². The van der Waals surface area contributed by atoms with Gasteiger partial charge in [0.1, 0.15) is 6.10 Å². The van der Waals surface area contributed by atoms with Crippen molar-refractivity contribution in [2.24, 2.45) is 5.73 Å². The number of nitrogens with zero attached hydrogens (tertiary/aromatic N) is 1. The van der Waals surface area contributed by atoms with E-state index in [1.165, 1.54) is 0 Å². The van der Waals surface area contributed by atoms with Crippen LogP contribution in [-0.4, -0.2) is 48.6 Å². The molecule has 1 aromatic carbocycles. The van der Waals surface area contributed by atoms with E-state index in [4.69, 9.17) is 10.5 Å². The minimum Gasteiger partial charge on any atom is -0.364 e. The predicted octanol–water partition coefficient (Wildman–Crippen LogP) is 1.61. The van der Waals surface area contributed by atoms with E-state index < -0.39 is 6.10 Å². The molecule has 0 aliphatic carbocycles. The summed E-state index contributed by atoms with van der Waals surface area (Å²) in [6, 6.07) is 7.00. The van der Waals surface area contributed by atoms with Crippen molar-refractivity contribution < 1.29 is 14.3 Å². The molecule has 23 heavy (non-hydrogen) atoms. The Hall–Kier alpha value is -1.92. The number of hydrogen-bond acceptors (Lipinski definition) is 4. The minimum absolute atomic E-state index is 0.0357. The Bertz CT molecular complexity index is 558. The van der Waals surface area contributed by atoms with Crippen molar-refractivity contribution in [3.63, 3.8) is 0 Å². The molecule has 126 valence electrons. The predicted molar refractivity (Wildman–Crippen MR) is 89.3 cm³/mol. The van der Waals surface area contributed by atoms with Gasteiger partial charge in [0.05, 0.1) is 6.10 Å². The number of rotatable bonds is 6. The molecule has 1 saturated heterocycles. The molecule has 0 aromatic heterocycles. The SMILES string of the molecule is CCN(CC)C(=O)c1cccc(NC(=O)[C@@H]2CC[C@H](CN)O2)c1. The van der Waals surface area contributed by atoms with Gasteiger partial charge in [-0.25, -0.2) is 0 Å². The normalized spacial score (nSPS) is 20.3. The maximum Gasteiger partial charge on any atom is 0.253 e. The third kappa shape index (κ3) is 4.30. The molecule has 0 saturated carbocycles. The van der Waals surface area contributed by atoms with Gasteiger partial charge in [-0.05, 0) is 44.9 Å². The van der Waals surface area contributed by atoms with Gasteiger partial charge < -0.3 is 20.7 Å². The number of nitrogens with two attached hydrogens (primary N) is 1. The van der Waals surface area contributed by atoms with Crippen LogP contribution >= 0.6 is 0 Å². The zero-order valence-electron chi connectivity index (χ0n) is 13.7. The van der Waals surface area contributed by atoms with Crippen LogP contribution in [0.3, 0.4) is 0 Å². The largest absolute Gasteiger partial charge is 0.364 e. The highest BCUT2D eigenvalue weighted by Gasteiger charge is 2.29. The van der Waals surface area contributed by atoms with Gasteiger partial charge in [0, 0.05) is 30.9 Å². The first-order chi connectivity index (χ1) is 11.1. The fourth-order valence-electron chi connectivity index (χ4n) is 2.72. The number of anilines is 1. The number of carbonyl (C=O) groups excluding carboxylic acids is 2. The third-order valence-electron chi connectivity index (χ3n) is 4.09. The second kappa shape index (κ2) is 8.08. The first kappa shape index (κ1) is 17.4. The van der Waals surface area contributed by atoms with Gasteiger partial charge in [-0.3, -0.25) is 9.59 Å². The second-order valence-electron chi connectivity index (χ2n) is 5.61. The highest BCUT2D eigenvalue weighted by molar-refractivity contribution is 5.98. The van der Waals surface area contributed by atoms with Crippen LogP contribution in [0, 0.1) is 0 Å². The lowest BCUT2D eigenvalue weighted by molar-refractivity contribution is -0.126. The highest BCUT2D eigenvalue weighted by Crippen LogP contribution is 2.21. The standard InChI is InChI=1S/C17H25N3O3/c1-3-20(4-2)17(22)12-6-5-7-13(10-12)19-16(21)15-9-8-14(11-18)23-15/h5-7,10,14-15H,3-4,8-9,11,18H2,1-2H3,(H,19,21)/t14-,15+/m1/s1. The van der Waals surface area contributed by atoms with Crippen LogP contribution in [0.2, 0.25) is 0 Å². The number of benzene rings is 1. The molecule has 2 atom stereocenters. The third-order valence-corrected chi connectivity index (χ3v) is 4.09. The molecule has 1 aliphatic heterocycles. The summed E-state index contributed by atoms with van der Waals surface area (Å²) in [6.45, 7) is 5.62. The lowest BCUT2D eigenvalue weighted by atomic mass is 10.1. The Morgan fingerprint density at radius 1 is 1.30 bits per heavy atom. The first-order valence-corrected chi connectivity index (χ1v) is 8.14.